The lowest BCUT2D eigenvalue weighted by Crippen LogP contribution is -2.43. The van der Waals surface area contributed by atoms with Gasteiger partial charge in [0.1, 0.15) is 35.5 Å². The fourth-order valence-electron chi connectivity index (χ4n) is 8.34. The SMILES string of the molecule is C=C(C)c1c(-c2ccc(F)c3sc(N)c(C#N)c23)c(Cl)cc2c(N3CCOCCC3C3CC3)nc(OC[C@@]34CCCN3C[C@H](F)C4)nc12. The van der Waals surface area contributed by atoms with Crippen molar-refractivity contribution in [3.8, 4) is 23.2 Å². The summed E-state index contributed by atoms with van der Waals surface area (Å²) in [5, 5.41) is 11.9. The Morgan fingerprint density at radius 1 is 1.27 bits per heavy atom. The second kappa shape index (κ2) is 12.1. The zero-order valence-electron chi connectivity index (χ0n) is 26.8. The number of hydrogen-bond donors (Lipinski definition) is 1. The largest absolute Gasteiger partial charge is 0.461 e. The molecule has 4 fully saturated rings. The van der Waals surface area contributed by atoms with E-state index in [0.717, 1.165) is 55.4 Å². The van der Waals surface area contributed by atoms with Crippen LogP contribution in [0, 0.1) is 23.1 Å². The topological polar surface area (TPSA) is 101 Å². The monoisotopic (exact) mass is 690 g/mol. The van der Waals surface area contributed by atoms with Crippen molar-refractivity contribution in [2.45, 2.75) is 63.2 Å². The molecule has 12 heteroatoms. The first-order valence-electron chi connectivity index (χ1n) is 16.7. The van der Waals surface area contributed by atoms with Crippen LogP contribution >= 0.6 is 22.9 Å². The highest BCUT2D eigenvalue weighted by molar-refractivity contribution is 7.23. The van der Waals surface area contributed by atoms with Crippen molar-refractivity contribution in [3.63, 3.8) is 0 Å². The van der Waals surface area contributed by atoms with Crippen LogP contribution in [0.25, 0.3) is 37.7 Å². The summed E-state index contributed by atoms with van der Waals surface area (Å²) in [5.74, 6) is 0.798. The summed E-state index contributed by atoms with van der Waals surface area (Å²) in [4.78, 5) is 14.7. The second-order valence-corrected chi connectivity index (χ2v) is 15.2. The number of alkyl halides is 1. The molecule has 250 valence electrons. The van der Waals surface area contributed by atoms with Crippen LogP contribution in [0.3, 0.4) is 0 Å². The molecule has 0 bridgehead atoms. The normalized spacial score (nSPS) is 24.6. The first-order valence-corrected chi connectivity index (χ1v) is 17.9. The van der Waals surface area contributed by atoms with Crippen molar-refractivity contribution in [1.29, 1.82) is 5.26 Å². The Hall–Kier alpha value is -3.56. The van der Waals surface area contributed by atoms with Gasteiger partial charge < -0.3 is 20.1 Å². The molecule has 8 nitrogen and oxygen atoms in total. The van der Waals surface area contributed by atoms with Crippen LogP contribution in [0.5, 0.6) is 6.01 Å². The Morgan fingerprint density at radius 3 is 2.88 bits per heavy atom. The van der Waals surface area contributed by atoms with Crippen molar-refractivity contribution in [2.75, 3.05) is 50.1 Å². The van der Waals surface area contributed by atoms with Crippen molar-refractivity contribution in [3.05, 3.63) is 46.7 Å². The van der Waals surface area contributed by atoms with Gasteiger partial charge in [0.2, 0.25) is 0 Å². The minimum atomic E-state index is -0.880. The molecule has 5 heterocycles. The molecular formula is C36H37ClF2N6O2S. The summed E-state index contributed by atoms with van der Waals surface area (Å²) in [6.07, 6.45) is 4.61. The predicted molar refractivity (Wildman–Crippen MR) is 187 cm³/mol. The molecule has 0 radical (unpaired) electrons. The number of thiophene rings is 1. The van der Waals surface area contributed by atoms with E-state index in [-0.39, 0.29) is 39.5 Å². The van der Waals surface area contributed by atoms with Crippen LogP contribution in [-0.4, -0.2) is 72.1 Å². The molecule has 2 aromatic carbocycles. The summed E-state index contributed by atoms with van der Waals surface area (Å²) >= 11 is 8.27. The van der Waals surface area contributed by atoms with Gasteiger partial charge in [-0.25, -0.2) is 8.78 Å². The molecule has 3 aliphatic heterocycles. The molecule has 8 rings (SSSR count). The van der Waals surface area contributed by atoms with Gasteiger partial charge in [0, 0.05) is 59.1 Å². The molecule has 4 aromatic rings. The molecule has 4 aliphatic rings. The van der Waals surface area contributed by atoms with Crippen LogP contribution < -0.4 is 15.4 Å². The molecule has 3 atom stereocenters. The third kappa shape index (κ3) is 5.20. The van der Waals surface area contributed by atoms with Gasteiger partial charge in [-0.15, -0.1) is 11.3 Å². The molecule has 48 heavy (non-hydrogen) atoms. The molecule has 3 saturated heterocycles. The van der Waals surface area contributed by atoms with Crippen molar-refractivity contribution in [1.82, 2.24) is 14.9 Å². The summed E-state index contributed by atoms with van der Waals surface area (Å²) < 4.78 is 42.5. The van der Waals surface area contributed by atoms with E-state index in [2.05, 4.69) is 22.4 Å². The summed E-state index contributed by atoms with van der Waals surface area (Å²) in [5.41, 5.74) is 9.14. The highest BCUT2D eigenvalue weighted by Crippen LogP contribution is 2.49. The quantitative estimate of drug-likeness (QED) is 0.210. The minimum Gasteiger partial charge on any atom is -0.461 e. The maximum absolute atomic E-state index is 15.1. The number of allylic oxidation sites excluding steroid dienone is 1. The second-order valence-electron chi connectivity index (χ2n) is 13.7. The highest BCUT2D eigenvalue weighted by atomic mass is 35.5. The number of fused-ring (bicyclic) bond motifs is 3. The van der Waals surface area contributed by atoms with Crippen molar-refractivity contribution < 1.29 is 18.3 Å². The number of benzene rings is 2. The fourth-order valence-corrected chi connectivity index (χ4v) is 9.60. The van der Waals surface area contributed by atoms with Gasteiger partial charge in [0.05, 0.1) is 27.9 Å². The zero-order chi connectivity index (χ0) is 33.3. The maximum atomic E-state index is 15.1. The van der Waals surface area contributed by atoms with Crippen LogP contribution in [0.15, 0.2) is 24.8 Å². The van der Waals surface area contributed by atoms with E-state index in [1.54, 1.807) is 6.07 Å². The number of nitrogen functional groups attached to an aromatic ring is 1. The Kier molecular flexibility index (Phi) is 7.98. The minimum absolute atomic E-state index is 0.207. The first-order chi connectivity index (χ1) is 23.2. The fraction of sp³-hybridized carbons (Fsp3) is 0.472. The molecule has 0 amide bonds. The number of rotatable bonds is 7. The van der Waals surface area contributed by atoms with Gasteiger partial charge in [-0.3, -0.25) is 4.90 Å². The molecule has 1 saturated carbocycles. The van der Waals surface area contributed by atoms with E-state index in [0.29, 0.717) is 82.6 Å². The number of nitrogens with two attached hydrogens (primary N) is 1. The first kappa shape index (κ1) is 31.7. The summed E-state index contributed by atoms with van der Waals surface area (Å²) in [7, 11) is 0. The van der Waals surface area contributed by atoms with Gasteiger partial charge in [0.15, 0.2) is 0 Å². The van der Waals surface area contributed by atoms with Crippen LogP contribution in [0.4, 0.5) is 19.6 Å². The number of hydrogen-bond acceptors (Lipinski definition) is 9. The van der Waals surface area contributed by atoms with Crippen molar-refractivity contribution in [2.24, 2.45) is 5.92 Å². The third-order valence-electron chi connectivity index (χ3n) is 10.6. The van der Waals surface area contributed by atoms with Gasteiger partial charge in [0.25, 0.3) is 0 Å². The average molecular weight is 691 g/mol. The van der Waals surface area contributed by atoms with E-state index in [1.807, 2.05) is 13.0 Å². The number of aromatic nitrogens is 2. The number of halogens is 3. The Morgan fingerprint density at radius 2 is 2.10 bits per heavy atom. The molecule has 2 aromatic heterocycles. The van der Waals surface area contributed by atoms with E-state index in [9.17, 15) is 9.65 Å². The van der Waals surface area contributed by atoms with Crippen LogP contribution in [-0.2, 0) is 4.74 Å². The smallest absolute Gasteiger partial charge is 0.319 e. The Balaban J connectivity index is 1.35. The van der Waals surface area contributed by atoms with E-state index >= 15 is 4.39 Å². The Bertz CT molecular complexity index is 2010. The lowest BCUT2D eigenvalue weighted by Gasteiger charge is -2.33. The predicted octanol–water partition coefficient (Wildman–Crippen LogP) is 7.75. The van der Waals surface area contributed by atoms with Crippen LogP contribution in [0.1, 0.15) is 56.6 Å². The van der Waals surface area contributed by atoms with Gasteiger partial charge >= 0.3 is 6.01 Å². The van der Waals surface area contributed by atoms with Crippen LogP contribution in [0.2, 0.25) is 5.02 Å². The maximum Gasteiger partial charge on any atom is 0.319 e. The van der Waals surface area contributed by atoms with Gasteiger partial charge in [-0.05, 0) is 74.8 Å². The summed E-state index contributed by atoms with van der Waals surface area (Å²) in [6.45, 7) is 9.68. The van der Waals surface area contributed by atoms with Gasteiger partial charge in [-0.2, -0.15) is 15.2 Å². The molecule has 2 N–H and O–H groups in total. The third-order valence-corrected chi connectivity index (χ3v) is 12.0. The van der Waals surface area contributed by atoms with E-state index in [4.69, 9.17) is 36.8 Å². The Labute approximate surface area is 287 Å². The van der Waals surface area contributed by atoms with E-state index in [1.165, 1.54) is 6.07 Å². The van der Waals surface area contributed by atoms with E-state index < -0.39 is 12.0 Å². The molecule has 1 unspecified atom stereocenters. The molecular weight excluding hydrogens is 654 g/mol. The lowest BCUT2D eigenvalue weighted by atomic mass is 9.90. The molecule has 0 spiro atoms. The standard InChI is InChI=1S/C36H37ClF2N6O2S/c1-19(2)28-30(22-6-7-26(39)32-29(22)24(16-40)33(41)48-32)25(37)14-23-31(28)42-35(47-18-36-9-3-10-44(36)17-21(38)15-36)43-34(23)45-11-13-46-12-8-27(45)20-4-5-20/h6-7,14,20-21,27H,1,3-5,8-13,15,17-18,41H2,2H3/t21-,27?,36+/m1/s1. The average Bonchev–Trinajstić information content (AvgIpc) is 3.71. The lowest BCUT2D eigenvalue weighted by molar-refractivity contribution is 0.107. The van der Waals surface area contributed by atoms with Gasteiger partial charge in [-0.1, -0.05) is 24.2 Å². The summed E-state index contributed by atoms with van der Waals surface area (Å²) in [6, 6.07) is 7.50. The number of ether oxygens (including phenoxy) is 2. The number of anilines is 2. The number of nitrogens with zero attached hydrogens (tertiary/aromatic N) is 5. The highest BCUT2D eigenvalue weighted by Gasteiger charge is 2.49. The zero-order valence-corrected chi connectivity index (χ0v) is 28.4. The van der Waals surface area contributed by atoms with Crippen molar-refractivity contribution >= 4 is 60.3 Å². The molecule has 1 aliphatic carbocycles. The number of nitriles is 1.